The lowest BCUT2D eigenvalue weighted by Gasteiger charge is -2.09. The molecule has 0 saturated heterocycles. The molecule has 0 aromatic heterocycles. The highest BCUT2D eigenvalue weighted by Gasteiger charge is 2.07. The highest BCUT2D eigenvalue weighted by atomic mass is 127. The van der Waals surface area contributed by atoms with Crippen LogP contribution in [-0.4, -0.2) is 27.0 Å². The average molecular weight is 376 g/mol. The number of halogens is 1. The molecule has 0 heterocycles. The van der Waals surface area contributed by atoms with E-state index in [0.29, 0.717) is 11.5 Å². The largest absolute Gasteiger partial charge is 0.509 e. The molecule has 0 spiro atoms. The van der Waals surface area contributed by atoms with Crippen molar-refractivity contribution in [2.75, 3.05) is 20.8 Å². The molecule has 1 aromatic carbocycles. The number of rotatable bonds is 5. The molecule has 0 saturated carbocycles. The van der Waals surface area contributed by atoms with Crippen molar-refractivity contribution >= 4 is 28.7 Å². The smallest absolute Gasteiger partial charge is 0.493 e. The number of carbonyl (C=O) groups is 1. The summed E-state index contributed by atoms with van der Waals surface area (Å²) in [6, 6.07) is 5.25. The summed E-state index contributed by atoms with van der Waals surface area (Å²) in [5.74, 6) is 3.78. The summed E-state index contributed by atoms with van der Waals surface area (Å²) in [6.45, 7) is 0.116. The van der Waals surface area contributed by atoms with Gasteiger partial charge in [0.25, 0.3) is 0 Å². The molecule has 5 nitrogen and oxygen atoms in total. The van der Waals surface area contributed by atoms with Crippen molar-refractivity contribution in [2.24, 2.45) is 0 Å². The van der Waals surface area contributed by atoms with Crippen LogP contribution in [0.4, 0.5) is 4.79 Å². The fraction of sp³-hybridized carbons (Fsp3) is 0.308. The van der Waals surface area contributed by atoms with Gasteiger partial charge in [-0.05, 0) is 21.6 Å². The SMILES string of the molecule is COc1ccc(COC(=O)OCC#CI)cc1OC. The number of carbonyl (C=O) groups excluding carboxylic acids is 1. The van der Waals surface area contributed by atoms with Crippen LogP contribution in [0, 0.1) is 9.85 Å². The molecular formula is C13H13IO5. The van der Waals surface area contributed by atoms with Gasteiger partial charge in [-0.2, -0.15) is 0 Å². The molecule has 1 aromatic rings. The van der Waals surface area contributed by atoms with Crippen molar-refractivity contribution in [1.82, 2.24) is 0 Å². The molecule has 0 fully saturated rings. The summed E-state index contributed by atoms with van der Waals surface area (Å²) in [5, 5.41) is 0. The van der Waals surface area contributed by atoms with Gasteiger partial charge in [-0.15, -0.1) is 0 Å². The second-order valence-electron chi connectivity index (χ2n) is 3.29. The summed E-state index contributed by atoms with van der Waals surface area (Å²) in [4.78, 5) is 11.2. The van der Waals surface area contributed by atoms with E-state index >= 15 is 0 Å². The Bertz CT molecular complexity index is 490. The van der Waals surface area contributed by atoms with Crippen LogP contribution >= 0.6 is 22.6 Å². The van der Waals surface area contributed by atoms with Gasteiger partial charge in [0, 0.05) is 22.6 Å². The van der Waals surface area contributed by atoms with Crippen molar-refractivity contribution < 1.29 is 23.7 Å². The topological polar surface area (TPSA) is 54.0 Å². The Morgan fingerprint density at radius 3 is 2.58 bits per heavy atom. The highest BCUT2D eigenvalue weighted by Crippen LogP contribution is 2.27. The average Bonchev–Trinajstić information content (AvgIpc) is 2.45. The predicted octanol–water partition coefficient (Wildman–Crippen LogP) is 2.75. The van der Waals surface area contributed by atoms with Gasteiger partial charge in [-0.25, -0.2) is 4.79 Å². The Morgan fingerprint density at radius 2 is 1.95 bits per heavy atom. The van der Waals surface area contributed by atoms with E-state index in [0.717, 1.165) is 5.56 Å². The molecule has 6 heteroatoms. The summed E-state index contributed by atoms with van der Waals surface area (Å²) in [5.41, 5.74) is 0.773. The predicted molar refractivity (Wildman–Crippen MR) is 77.5 cm³/mol. The third-order valence-corrected chi connectivity index (χ3v) is 2.52. The molecule has 0 aliphatic rings. The van der Waals surface area contributed by atoms with Crippen LogP contribution in [0.5, 0.6) is 11.5 Å². The van der Waals surface area contributed by atoms with E-state index in [2.05, 4.69) is 9.85 Å². The van der Waals surface area contributed by atoms with Crippen molar-refractivity contribution in [3.8, 4) is 21.3 Å². The van der Waals surface area contributed by atoms with E-state index in [9.17, 15) is 4.79 Å². The monoisotopic (exact) mass is 376 g/mol. The van der Waals surface area contributed by atoms with E-state index in [-0.39, 0.29) is 13.2 Å². The molecule has 1 rings (SSSR count). The molecule has 19 heavy (non-hydrogen) atoms. The first-order valence-corrected chi connectivity index (χ1v) is 6.38. The lowest BCUT2D eigenvalue weighted by atomic mass is 10.2. The van der Waals surface area contributed by atoms with Crippen LogP contribution in [0.3, 0.4) is 0 Å². The minimum absolute atomic E-state index is 0.0215. The summed E-state index contributed by atoms with van der Waals surface area (Å²) >= 11 is 1.86. The van der Waals surface area contributed by atoms with Crippen molar-refractivity contribution in [3.63, 3.8) is 0 Å². The zero-order valence-electron chi connectivity index (χ0n) is 10.6. The van der Waals surface area contributed by atoms with Gasteiger partial charge in [0.1, 0.15) is 6.61 Å². The van der Waals surface area contributed by atoms with Crippen LogP contribution < -0.4 is 9.47 Å². The number of benzene rings is 1. The minimum atomic E-state index is -0.756. The maximum Gasteiger partial charge on any atom is 0.509 e. The van der Waals surface area contributed by atoms with Crippen LogP contribution in [0.2, 0.25) is 0 Å². The minimum Gasteiger partial charge on any atom is -0.493 e. The van der Waals surface area contributed by atoms with Crippen molar-refractivity contribution in [2.45, 2.75) is 6.61 Å². The first-order chi connectivity index (χ1) is 9.21. The van der Waals surface area contributed by atoms with Gasteiger partial charge in [0.15, 0.2) is 18.1 Å². The fourth-order valence-electron chi connectivity index (χ4n) is 1.28. The third kappa shape index (κ3) is 5.26. The Labute approximate surface area is 125 Å². The molecule has 0 aliphatic heterocycles. The van der Waals surface area contributed by atoms with Gasteiger partial charge < -0.3 is 18.9 Å². The lowest BCUT2D eigenvalue weighted by Crippen LogP contribution is -2.07. The number of hydrogen-bond donors (Lipinski definition) is 0. The van der Waals surface area contributed by atoms with Crippen molar-refractivity contribution in [1.29, 1.82) is 0 Å². The zero-order valence-corrected chi connectivity index (χ0v) is 12.7. The maximum atomic E-state index is 11.2. The van der Waals surface area contributed by atoms with Crippen LogP contribution in [0.25, 0.3) is 0 Å². The van der Waals surface area contributed by atoms with Gasteiger partial charge >= 0.3 is 6.16 Å². The third-order valence-electron chi connectivity index (χ3n) is 2.13. The summed E-state index contributed by atoms with van der Waals surface area (Å²) in [7, 11) is 3.10. The molecule has 102 valence electrons. The summed E-state index contributed by atoms with van der Waals surface area (Å²) in [6.07, 6.45) is -0.756. The second-order valence-corrected chi connectivity index (χ2v) is 3.83. The summed E-state index contributed by atoms with van der Waals surface area (Å²) < 4.78 is 22.5. The van der Waals surface area contributed by atoms with Gasteiger partial charge in [0.05, 0.1) is 14.2 Å². The second kappa shape index (κ2) is 8.48. The molecule has 0 amide bonds. The highest BCUT2D eigenvalue weighted by molar-refractivity contribution is 14.1. The van der Waals surface area contributed by atoms with E-state index in [1.807, 2.05) is 22.6 Å². The van der Waals surface area contributed by atoms with E-state index in [1.54, 1.807) is 32.4 Å². The van der Waals surface area contributed by atoms with Crippen LogP contribution in [0.1, 0.15) is 5.56 Å². The van der Waals surface area contributed by atoms with Gasteiger partial charge in [-0.3, -0.25) is 0 Å². The normalized spacial score (nSPS) is 9.00. The van der Waals surface area contributed by atoms with Crippen LogP contribution in [-0.2, 0) is 16.1 Å². The van der Waals surface area contributed by atoms with E-state index in [1.165, 1.54) is 0 Å². The van der Waals surface area contributed by atoms with Crippen LogP contribution in [0.15, 0.2) is 18.2 Å². The van der Waals surface area contributed by atoms with Crippen molar-refractivity contribution in [3.05, 3.63) is 23.8 Å². The molecule has 0 N–H and O–H groups in total. The zero-order chi connectivity index (χ0) is 14.1. The maximum absolute atomic E-state index is 11.2. The fourth-order valence-corrected chi connectivity index (χ4v) is 1.43. The Morgan fingerprint density at radius 1 is 1.21 bits per heavy atom. The Balaban J connectivity index is 2.52. The molecule has 0 atom stereocenters. The molecular weight excluding hydrogens is 363 g/mol. The quantitative estimate of drug-likeness (QED) is 0.450. The molecule has 0 aliphatic carbocycles. The Hall–Kier alpha value is -1.62. The van der Waals surface area contributed by atoms with E-state index < -0.39 is 6.16 Å². The molecule has 0 bridgehead atoms. The van der Waals surface area contributed by atoms with E-state index in [4.69, 9.17) is 18.9 Å². The lowest BCUT2D eigenvalue weighted by molar-refractivity contribution is 0.0588. The first kappa shape index (κ1) is 15.4. The number of ether oxygens (including phenoxy) is 4. The standard InChI is InChI=1S/C13H13IO5/c1-16-11-5-4-10(8-12(11)17-2)9-19-13(15)18-7-3-6-14/h4-5,8H,7,9H2,1-2H3. The first-order valence-electron chi connectivity index (χ1n) is 5.30. The number of methoxy groups -OCH3 is 2. The molecule has 0 radical (unpaired) electrons. The number of hydrogen-bond acceptors (Lipinski definition) is 5. The van der Waals surface area contributed by atoms with Gasteiger partial charge in [0.2, 0.25) is 0 Å². The molecule has 0 unspecified atom stereocenters. The Kier molecular flexibility index (Phi) is 6.89. The van der Waals surface area contributed by atoms with Gasteiger partial charge in [-0.1, -0.05) is 12.0 Å².